The molecule has 4 N–H and O–H groups in total. The Kier molecular flexibility index (Phi) is 52.4. The van der Waals surface area contributed by atoms with Crippen LogP contribution in [-0.2, 0) is 9.59 Å². The van der Waals surface area contributed by atoms with Crippen LogP contribution in [0.1, 0.15) is 0 Å². The fourth-order valence-electron chi connectivity index (χ4n) is 0. The van der Waals surface area contributed by atoms with Crippen molar-refractivity contribution in [1.29, 1.82) is 0 Å². The third-order valence-corrected chi connectivity index (χ3v) is 0.167. The van der Waals surface area contributed by atoms with E-state index in [1.165, 1.54) is 0 Å². The Morgan fingerprint density at radius 2 is 0.900 bits per heavy atom. The molecule has 0 aliphatic rings. The van der Waals surface area contributed by atoms with Gasteiger partial charge in [0.15, 0.2) is 0 Å². The van der Waals surface area contributed by atoms with Crippen molar-refractivity contribution in [3.63, 3.8) is 0 Å². The molecular formula is C2H4Cs2O6. The summed E-state index contributed by atoms with van der Waals surface area (Å²) >= 11 is 0. The molecule has 8 heteroatoms. The summed E-state index contributed by atoms with van der Waals surface area (Å²) in [6.07, 6.45) is 0. The molecule has 0 aromatic rings. The first-order chi connectivity index (χ1) is 2.64. The first-order valence-electron chi connectivity index (χ1n) is 1.07. The zero-order chi connectivity index (χ0) is 5.15. The van der Waals surface area contributed by atoms with Crippen LogP contribution in [0.15, 0.2) is 0 Å². The van der Waals surface area contributed by atoms with Crippen molar-refractivity contribution in [3.05, 3.63) is 0 Å². The van der Waals surface area contributed by atoms with Gasteiger partial charge in [0.2, 0.25) is 0 Å². The second kappa shape index (κ2) is 17.9. The van der Waals surface area contributed by atoms with E-state index in [4.69, 9.17) is 19.8 Å². The molecule has 0 spiro atoms. The molecule has 0 saturated heterocycles. The molecular weight excluding hydrogens is 386 g/mol. The Bertz CT molecular complexity index is 79.7. The van der Waals surface area contributed by atoms with E-state index in [1.54, 1.807) is 0 Å². The molecule has 0 aromatic heterocycles. The number of rotatable bonds is 0. The summed E-state index contributed by atoms with van der Waals surface area (Å²) in [6.45, 7) is 0. The second-order valence-corrected chi connectivity index (χ2v) is 0.575. The van der Waals surface area contributed by atoms with Crippen molar-refractivity contribution in [2.45, 2.75) is 0 Å². The summed E-state index contributed by atoms with van der Waals surface area (Å²) in [5.41, 5.74) is 0. The van der Waals surface area contributed by atoms with Crippen LogP contribution in [0.3, 0.4) is 0 Å². The molecule has 0 aliphatic heterocycles. The van der Waals surface area contributed by atoms with Crippen LogP contribution in [0.25, 0.3) is 0 Å². The predicted octanol–water partition coefficient (Wildman–Crippen LogP) is -11.2. The van der Waals surface area contributed by atoms with E-state index in [0.717, 1.165) is 0 Å². The molecule has 0 amide bonds. The molecule has 0 radical (unpaired) electrons. The maximum absolute atomic E-state index is 8.93. The van der Waals surface area contributed by atoms with Crippen molar-refractivity contribution in [2.24, 2.45) is 0 Å². The summed E-state index contributed by atoms with van der Waals surface area (Å²) < 4.78 is 0. The smallest absolute Gasteiger partial charge is 0.543 e. The standard InChI is InChI=1S/C2H2O4.2Cs.2H2O/c3-1(4)2(5)6;;;;/h(H,3,4)(H,5,6);;;2*1H2/q;2*+1;;/p-2. The third kappa shape index (κ3) is 22.4. The summed E-state index contributed by atoms with van der Waals surface area (Å²) in [6, 6.07) is 0. The van der Waals surface area contributed by atoms with Crippen LogP contribution in [0.4, 0.5) is 0 Å². The van der Waals surface area contributed by atoms with Crippen LogP contribution < -0.4 is 148 Å². The summed E-state index contributed by atoms with van der Waals surface area (Å²) in [5, 5.41) is 17.9. The van der Waals surface area contributed by atoms with E-state index in [0.29, 0.717) is 0 Å². The van der Waals surface area contributed by atoms with Crippen LogP contribution in [0.2, 0.25) is 0 Å². The Morgan fingerprint density at radius 1 is 0.800 bits per heavy atom. The van der Waals surface area contributed by atoms with Gasteiger partial charge in [-0.15, -0.1) is 0 Å². The van der Waals surface area contributed by atoms with E-state index in [2.05, 4.69) is 0 Å². The minimum Gasteiger partial charge on any atom is -0.543 e. The maximum atomic E-state index is 8.93. The molecule has 0 aromatic carbocycles. The number of carboxylic acid groups (broad SMARTS) is 2. The summed E-state index contributed by atoms with van der Waals surface area (Å²) in [7, 11) is 0. The van der Waals surface area contributed by atoms with Gasteiger partial charge in [-0.2, -0.15) is 0 Å². The fourth-order valence-corrected chi connectivity index (χ4v) is 0. The van der Waals surface area contributed by atoms with Gasteiger partial charge in [0, 0.05) is 0 Å². The largest absolute Gasteiger partial charge is 1.00 e. The number of hydrogen-bond acceptors (Lipinski definition) is 4. The molecule has 0 unspecified atom stereocenters. The molecule has 50 valence electrons. The quantitative estimate of drug-likeness (QED) is 0.379. The van der Waals surface area contributed by atoms with Crippen molar-refractivity contribution in [2.75, 3.05) is 0 Å². The first kappa shape index (κ1) is 29.3. The molecule has 0 bridgehead atoms. The summed E-state index contributed by atoms with van der Waals surface area (Å²) in [5.74, 6) is -4.37. The average molecular weight is 390 g/mol. The molecule has 6 nitrogen and oxygen atoms in total. The Balaban J connectivity index is -0.0000000208. The molecule has 0 saturated carbocycles. The van der Waals surface area contributed by atoms with Gasteiger partial charge in [-0.25, -0.2) is 0 Å². The van der Waals surface area contributed by atoms with Crippen LogP contribution in [0, 0.1) is 0 Å². The minimum absolute atomic E-state index is 0. The Morgan fingerprint density at radius 3 is 0.900 bits per heavy atom. The van der Waals surface area contributed by atoms with Gasteiger partial charge in [-0.3, -0.25) is 0 Å². The SMILES string of the molecule is O.O.O=C([O-])C(=O)[O-].[Cs+].[Cs+]. The maximum Gasteiger partial charge on any atom is 1.00 e. The minimum atomic E-state index is -2.19. The van der Waals surface area contributed by atoms with Crippen molar-refractivity contribution in [1.82, 2.24) is 0 Å². The van der Waals surface area contributed by atoms with Gasteiger partial charge in [-0.1, -0.05) is 0 Å². The van der Waals surface area contributed by atoms with Gasteiger partial charge < -0.3 is 30.8 Å². The van der Waals surface area contributed by atoms with Gasteiger partial charge in [0.05, 0.1) is 11.9 Å². The molecule has 10 heavy (non-hydrogen) atoms. The van der Waals surface area contributed by atoms with Crippen LogP contribution in [0.5, 0.6) is 0 Å². The monoisotopic (exact) mass is 390 g/mol. The zero-order valence-corrected chi connectivity index (χ0v) is 18.2. The van der Waals surface area contributed by atoms with Gasteiger partial charge in [-0.05, 0) is 0 Å². The van der Waals surface area contributed by atoms with Crippen molar-refractivity contribution in [3.8, 4) is 0 Å². The number of carboxylic acids is 2. The van der Waals surface area contributed by atoms with E-state index >= 15 is 0 Å². The van der Waals surface area contributed by atoms with Crippen molar-refractivity contribution >= 4 is 11.9 Å². The van der Waals surface area contributed by atoms with Gasteiger partial charge >= 0.3 is 138 Å². The van der Waals surface area contributed by atoms with E-state index in [1.807, 2.05) is 0 Å². The fraction of sp³-hybridized carbons (Fsp3) is 0. The van der Waals surface area contributed by atoms with E-state index in [9.17, 15) is 0 Å². The van der Waals surface area contributed by atoms with Gasteiger partial charge in [0.25, 0.3) is 0 Å². The topological polar surface area (TPSA) is 143 Å². The van der Waals surface area contributed by atoms with Crippen LogP contribution >= 0.6 is 0 Å². The Labute approximate surface area is 175 Å². The second-order valence-electron chi connectivity index (χ2n) is 0.575. The van der Waals surface area contributed by atoms with E-state index < -0.39 is 11.9 Å². The first-order valence-corrected chi connectivity index (χ1v) is 1.07. The van der Waals surface area contributed by atoms with Gasteiger partial charge in [0.1, 0.15) is 0 Å². The molecule has 0 atom stereocenters. The molecule has 0 fully saturated rings. The summed E-state index contributed by atoms with van der Waals surface area (Å²) in [4.78, 5) is 17.9. The Hall–Kier alpha value is 2.96. The normalized spacial score (nSPS) is 4.40. The van der Waals surface area contributed by atoms with E-state index in [-0.39, 0.29) is 149 Å². The molecule has 0 heterocycles. The predicted molar refractivity (Wildman–Crippen MR) is 17.2 cm³/mol. The third-order valence-electron chi connectivity index (χ3n) is 0.167. The number of carbonyl (C=O) groups excluding carboxylic acids is 2. The van der Waals surface area contributed by atoms with Crippen molar-refractivity contribution < 1.29 is 169 Å². The number of hydrogen-bond donors (Lipinski definition) is 0. The number of carbonyl (C=O) groups is 2. The molecule has 0 rings (SSSR count). The number of aliphatic carboxylic acids is 2. The zero-order valence-electron chi connectivity index (χ0n) is 5.63. The molecule has 0 aliphatic carbocycles. The average Bonchev–Trinajstić information content (AvgIpc) is 1.36. The van der Waals surface area contributed by atoms with Crippen LogP contribution in [-0.4, -0.2) is 22.9 Å².